The summed E-state index contributed by atoms with van der Waals surface area (Å²) in [7, 11) is 3.80. The monoisotopic (exact) mass is 1760 g/mol. The summed E-state index contributed by atoms with van der Waals surface area (Å²) in [6.07, 6.45) is 32.8. The van der Waals surface area contributed by atoms with Crippen molar-refractivity contribution in [1.82, 2.24) is 14.5 Å². The number of phenolic OH excluding ortho intramolecular Hbond substituents is 6. The molecule has 16 nitrogen and oxygen atoms in total. The number of halogens is 1. The Kier molecular flexibility index (Phi) is 19.8. The number of rotatable bonds is 7. The number of aromatic hydroxyl groups is 6. The highest BCUT2D eigenvalue weighted by Gasteiger charge is 2.72. The van der Waals surface area contributed by atoms with E-state index in [1.54, 1.807) is 19.2 Å². The van der Waals surface area contributed by atoms with Gasteiger partial charge in [-0.25, -0.2) is 4.39 Å². The second-order valence-corrected chi connectivity index (χ2v) is 47.5. The molecule has 0 spiro atoms. The highest BCUT2D eigenvalue weighted by molar-refractivity contribution is 5.92. The van der Waals surface area contributed by atoms with Gasteiger partial charge in [0.1, 0.15) is 11.6 Å². The van der Waals surface area contributed by atoms with Crippen LogP contribution in [0.2, 0.25) is 0 Å². The van der Waals surface area contributed by atoms with Gasteiger partial charge in [-0.15, -0.1) is 0 Å². The second kappa shape index (κ2) is 28.8. The zero-order valence-corrected chi connectivity index (χ0v) is 80.3. The fourth-order valence-corrected chi connectivity index (χ4v) is 32.1. The number of hydrogen-bond acceptors (Lipinski definition) is 10. The quantitative estimate of drug-likeness (QED) is 0.0524. The highest BCUT2D eigenvalue weighted by Crippen LogP contribution is 2.80. The van der Waals surface area contributed by atoms with E-state index in [4.69, 9.17) is 4.74 Å². The number of fused-ring (bicyclic) bond motifs is 24. The van der Waals surface area contributed by atoms with Crippen LogP contribution in [0.4, 0.5) is 4.39 Å². The van der Waals surface area contributed by atoms with Gasteiger partial charge >= 0.3 is 17.9 Å². The number of aliphatic carboxylic acids is 3. The Morgan fingerprint density at radius 3 is 1.16 bits per heavy atom. The summed E-state index contributed by atoms with van der Waals surface area (Å²) >= 11 is 0. The molecule has 12 aliphatic carbocycles. The topological polar surface area (TPSA) is 279 Å². The lowest BCUT2D eigenvalue weighted by atomic mass is 9.34. The number of allylic oxidation sites excluding steroid dienone is 6. The largest absolute Gasteiger partial charge is 0.504 e. The van der Waals surface area contributed by atoms with Gasteiger partial charge in [-0.2, -0.15) is 0 Å². The fraction of sp³-hybridized carbons (Fsp3) is 0.549. The number of methoxy groups -OCH3 is 1. The van der Waals surface area contributed by atoms with Crippen molar-refractivity contribution in [1.29, 1.82) is 0 Å². The lowest BCUT2D eigenvalue weighted by Gasteiger charge is -2.70. The van der Waals surface area contributed by atoms with Gasteiger partial charge in [0.25, 0.3) is 0 Å². The molecule has 11 N–H and O–H groups in total. The summed E-state index contributed by atoms with van der Waals surface area (Å²) in [5.41, 5.74) is 15.1. The molecule has 17 heteroatoms. The van der Waals surface area contributed by atoms with Crippen molar-refractivity contribution >= 4 is 50.6 Å². The Morgan fingerprint density at radius 2 is 0.769 bits per heavy atom. The zero-order chi connectivity index (χ0) is 93.4. The third-order valence-corrected chi connectivity index (χ3v) is 41.4. The number of ether oxygens (including phenoxy) is 1. The molecule has 9 fully saturated rings. The van der Waals surface area contributed by atoms with Gasteiger partial charge in [0.05, 0.1) is 28.9 Å². The van der Waals surface area contributed by atoms with Crippen molar-refractivity contribution in [3.8, 4) is 40.2 Å². The number of carboxylic acid groups (broad SMARTS) is 3. The van der Waals surface area contributed by atoms with E-state index in [1.165, 1.54) is 39.3 Å². The summed E-state index contributed by atoms with van der Waals surface area (Å²) < 4.78 is 22.9. The van der Waals surface area contributed by atoms with Crippen molar-refractivity contribution in [2.45, 2.75) is 293 Å². The molecule has 12 aliphatic rings. The number of benzene rings is 6. The van der Waals surface area contributed by atoms with E-state index < -0.39 is 34.2 Å². The minimum absolute atomic E-state index is 0.0279. The van der Waals surface area contributed by atoms with Gasteiger partial charge in [-0.3, -0.25) is 14.4 Å². The van der Waals surface area contributed by atoms with Crippen molar-refractivity contribution in [2.75, 3.05) is 7.11 Å². The maximum absolute atomic E-state index is 14.9. The highest BCUT2D eigenvalue weighted by atomic mass is 19.1. The Hall–Kier alpha value is -9.90. The molecule has 9 aromatic rings. The van der Waals surface area contributed by atoms with Crippen LogP contribution in [0.1, 0.15) is 323 Å². The van der Waals surface area contributed by atoms with E-state index in [1.807, 2.05) is 78.1 Å². The predicted octanol–water partition coefficient (Wildman–Crippen LogP) is 26.3. The minimum atomic E-state index is -0.725. The number of nitrogens with one attached hydrogen (secondary N) is 2. The average Bonchev–Trinajstić information content (AvgIpc) is 0.812. The van der Waals surface area contributed by atoms with Crippen molar-refractivity contribution in [3.05, 3.63) is 205 Å². The van der Waals surface area contributed by atoms with E-state index in [2.05, 4.69) is 166 Å². The Morgan fingerprint density at radius 1 is 0.415 bits per heavy atom. The number of carbonyl (C=O) groups is 3. The smallest absolute Gasteiger partial charge is 0.309 e. The predicted molar refractivity (Wildman–Crippen MR) is 509 cm³/mol. The van der Waals surface area contributed by atoms with Crippen LogP contribution < -0.4 is 4.74 Å². The van der Waals surface area contributed by atoms with Gasteiger partial charge in [0.15, 0.2) is 34.5 Å². The Labute approximate surface area is 765 Å². The molecular formula is C113H138FN3O13. The lowest BCUT2D eigenvalue weighted by Crippen LogP contribution is -2.62. The maximum atomic E-state index is 14.9. The van der Waals surface area contributed by atoms with Crippen LogP contribution in [0.5, 0.6) is 40.2 Å². The third kappa shape index (κ3) is 11.8. The van der Waals surface area contributed by atoms with E-state index >= 15 is 0 Å². The molecule has 9 saturated carbocycles. The molecule has 130 heavy (non-hydrogen) atoms. The molecule has 0 bridgehead atoms. The van der Waals surface area contributed by atoms with Crippen LogP contribution in [-0.4, -0.2) is 85.5 Å². The standard InChI is InChI=1S/C38H47NO5.C38H47NO4.C37H44FNO4/c1-21-30-22(23-20-39-25-9-8-10-27(44-7)31(23)25)17-28-36(4,24(30)18-26(40)32(21)41)14-16-38(6)29-19-35(3,33(42)43)12-11-34(29,2)13-15-37(28,38)5;1-22-31-24(25-21-39(7)27-11-9-8-10-23(25)27)18-29-36(4,26(31)19-28(40)32(22)41)15-17-38(6)30-20-35(3,33(42)43)13-12-34(30,2)14-16-37(29,38)5;1-20-29-22(23-19-39-30-21(23)8-7-9-25(30)38)16-27-35(4,24(29)17-26(40)31(20)41)13-15-37(6)28-18-34(3,32(42)43)11-10-33(28,2)12-14-36(27,37)5/h8-10,17-18,20,22,29,39-41H,11-16,19H2,1-7H3,(H,42,43);8-11,18-19,21,24,30,40-41H,12-17,20H2,1-7H3,(H,42,43);7-9,16-17,19,22,28,39-41H,10-15,18H2,1-6H3,(H,42,43)/t22-,29+,34+,35+,36-,37+,38-;24-,30+,34+,35+,36-,37+,38-;22-,28+,33+,34+,35-,36+,37-/m000/s1. The molecule has 6 aromatic carbocycles. The second-order valence-electron chi connectivity index (χ2n) is 47.5. The molecular weight excluding hydrogens is 1630 g/mol. The number of aromatic amines is 2. The van der Waals surface area contributed by atoms with E-state index in [0.717, 1.165) is 194 Å². The van der Waals surface area contributed by atoms with Gasteiger partial charge in [-0.1, -0.05) is 154 Å². The van der Waals surface area contributed by atoms with Gasteiger partial charge in [0, 0.05) is 86.8 Å². The molecule has 3 heterocycles. The zero-order valence-electron chi connectivity index (χ0n) is 80.3. The number of nitrogens with zero attached hydrogens (tertiary/aromatic N) is 1. The molecule has 0 aliphatic heterocycles. The first-order chi connectivity index (χ1) is 60.8. The van der Waals surface area contributed by atoms with Crippen molar-refractivity contribution in [3.63, 3.8) is 0 Å². The van der Waals surface area contributed by atoms with Crippen LogP contribution in [0.25, 0.3) is 32.7 Å². The number of aryl methyl sites for hydroxylation is 1. The molecule has 0 amide bonds. The van der Waals surface area contributed by atoms with E-state index in [0.29, 0.717) is 35.4 Å². The summed E-state index contributed by atoms with van der Waals surface area (Å²) in [6.45, 7) is 40.6. The van der Waals surface area contributed by atoms with Crippen LogP contribution in [0.15, 0.2) is 132 Å². The molecule has 21 rings (SSSR count). The summed E-state index contributed by atoms with van der Waals surface area (Å²) in [4.78, 5) is 44.3. The molecule has 0 saturated heterocycles. The Balaban J connectivity index is 0.000000126. The van der Waals surface area contributed by atoms with Crippen LogP contribution in [-0.2, 0) is 37.7 Å². The van der Waals surface area contributed by atoms with Crippen LogP contribution >= 0.6 is 0 Å². The maximum Gasteiger partial charge on any atom is 0.309 e. The summed E-state index contributed by atoms with van der Waals surface area (Å²) in [6, 6.07) is 25.2. The Bertz CT molecular complexity index is 6430. The first-order valence-electron chi connectivity index (χ1n) is 48.3. The van der Waals surface area contributed by atoms with Crippen molar-refractivity contribution < 1.29 is 69.5 Å². The third-order valence-electron chi connectivity index (χ3n) is 41.4. The SMILES string of the molecule is COc1cccc2[nH]cc([C@@H]3C=C4[C@@](C)(CC[C@@]5(C)[C@@H]6C[C@](C)(C(=O)O)CC[C@]6(C)CC[C@]45C)c4cc(O)c(O)c(C)c43)c12.Cc1c(O)c(O)cc2c1[C@H](c1c[nH]c3c(F)cccc13)C=C1[C@@]2(C)CC[C@@]2(C)[C@@H]3C[C@](C)(C(=O)O)CC[C@]3(C)CC[C@]12C.Cc1c(O)c(O)cc2c1[C@H](c1cn(C)c3ccccc13)C=C1[C@@]2(C)CC[C@@]2(C)[C@@H]3C[C@](C)(C(=O)O)CC[C@]3(C)CC[C@]12C. The van der Waals surface area contributed by atoms with E-state index in [-0.39, 0.29) is 135 Å². The lowest BCUT2D eigenvalue weighted by molar-refractivity contribution is -0.177. The minimum Gasteiger partial charge on any atom is -0.504 e. The number of phenols is 6. The molecule has 3 aromatic heterocycles. The fourth-order valence-electron chi connectivity index (χ4n) is 32.1. The summed E-state index contributed by atoms with van der Waals surface area (Å²) in [5, 5.41) is 100. The summed E-state index contributed by atoms with van der Waals surface area (Å²) in [5.74, 6) is -1.54. The van der Waals surface area contributed by atoms with Gasteiger partial charge in [0.2, 0.25) is 0 Å². The molecule has 690 valence electrons. The number of carboxylic acids is 3. The first-order valence-corrected chi connectivity index (χ1v) is 48.3. The van der Waals surface area contributed by atoms with Gasteiger partial charge < -0.3 is 65.2 Å². The molecule has 0 unspecified atom stereocenters. The molecule has 0 radical (unpaired) electrons. The van der Waals surface area contributed by atoms with E-state index in [9.17, 15) is 64.7 Å². The number of aromatic nitrogens is 3. The number of para-hydroxylation sites is 2. The molecule has 21 atom stereocenters. The van der Waals surface area contributed by atoms with Crippen LogP contribution in [0.3, 0.4) is 0 Å². The normalized spacial score (nSPS) is 38.2. The van der Waals surface area contributed by atoms with Crippen LogP contribution in [0, 0.1) is 109 Å². The first kappa shape index (κ1) is 89.3. The van der Waals surface area contributed by atoms with Gasteiger partial charge in [-0.05, 0) is 352 Å². The average molecular weight is 1770 g/mol. The van der Waals surface area contributed by atoms with Crippen molar-refractivity contribution in [2.24, 2.45) is 89.8 Å². The number of H-pyrrole nitrogens is 2. The number of hydrogen-bond donors (Lipinski definition) is 11.